The van der Waals surface area contributed by atoms with E-state index in [2.05, 4.69) is 21.2 Å². The van der Waals surface area contributed by atoms with Crippen LogP contribution in [0.1, 0.15) is 10.4 Å². The molecule has 2 aromatic rings. The summed E-state index contributed by atoms with van der Waals surface area (Å²) in [5.41, 5.74) is 0.510. The molecule has 0 bridgehead atoms. The van der Waals surface area contributed by atoms with Crippen LogP contribution < -0.4 is 10.0 Å². The smallest absolute Gasteiger partial charge is 0.264 e. The molecule has 22 heavy (non-hydrogen) atoms. The summed E-state index contributed by atoms with van der Waals surface area (Å²) in [6, 6.07) is 11.8. The molecule has 0 saturated carbocycles. The molecule has 0 unspecified atom stereocenters. The van der Waals surface area contributed by atoms with E-state index in [0.717, 1.165) is 6.07 Å². The summed E-state index contributed by atoms with van der Waals surface area (Å²) >= 11 is 3.17. The van der Waals surface area contributed by atoms with Crippen molar-refractivity contribution in [3.63, 3.8) is 0 Å². The number of carbonyl (C=O) groups is 1. The molecule has 1 amide bonds. The number of halogens is 2. The Morgan fingerprint density at radius 3 is 2.50 bits per heavy atom. The number of hydrogen-bond acceptors (Lipinski definition) is 4. The molecule has 8 heteroatoms. The van der Waals surface area contributed by atoms with Gasteiger partial charge in [0.15, 0.2) is 0 Å². The van der Waals surface area contributed by atoms with E-state index in [9.17, 15) is 17.6 Å². The van der Waals surface area contributed by atoms with Crippen LogP contribution in [-0.4, -0.2) is 20.2 Å². The summed E-state index contributed by atoms with van der Waals surface area (Å²) in [6.45, 7) is 0. The fourth-order valence-corrected chi connectivity index (χ4v) is 2.84. The fourth-order valence-electron chi connectivity index (χ4n) is 1.63. The van der Waals surface area contributed by atoms with Crippen molar-refractivity contribution in [2.24, 2.45) is 0 Å². The molecule has 2 aromatic carbocycles. The third-order valence-corrected chi connectivity index (χ3v) is 4.38. The lowest BCUT2D eigenvalue weighted by molar-refractivity contribution is 0.0981. The Balaban J connectivity index is 2.02. The zero-order valence-corrected chi connectivity index (χ0v) is 13.6. The van der Waals surface area contributed by atoms with Crippen molar-refractivity contribution >= 4 is 37.5 Å². The van der Waals surface area contributed by atoms with Crippen molar-refractivity contribution in [2.45, 2.75) is 0 Å². The first-order chi connectivity index (χ1) is 10.4. The van der Waals surface area contributed by atoms with E-state index in [1.54, 1.807) is 18.2 Å². The molecule has 116 valence electrons. The first kappa shape index (κ1) is 16.4. The first-order valence-corrected chi connectivity index (χ1v) is 8.61. The molecular formula is C14H12BrFN2O3S. The van der Waals surface area contributed by atoms with Crippen molar-refractivity contribution in [3.8, 4) is 0 Å². The van der Waals surface area contributed by atoms with Crippen LogP contribution in [0.2, 0.25) is 0 Å². The number of rotatable bonds is 5. The third kappa shape index (κ3) is 4.54. The number of anilines is 1. The van der Waals surface area contributed by atoms with E-state index < -0.39 is 27.6 Å². The Hall–Kier alpha value is -1.93. The third-order valence-electron chi connectivity index (χ3n) is 2.67. The quantitative estimate of drug-likeness (QED) is 0.828. The monoisotopic (exact) mass is 386 g/mol. The van der Waals surface area contributed by atoms with Gasteiger partial charge in [0.2, 0.25) is 0 Å². The van der Waals surface area contributed by atoms with Gasteiger partial charge in [-0.25, -0.2) is 17.5 Å². The van der Waals surface area contributed by atoms with Gasteiger partial charge >= 0.3 is 0 Å². The van der Waals surface area contributed by atoms with Gasteiger partial charge in [-0.1, -0.05) is 18.2 Å². The van der Waals surface area contributed by atoms with Crippen LogP contribution in [0.4, 0.5) is 10.1 Å². The molecule has 0 heterocycles. The number of benzene rings is 2. The van der Waals surface area contributed by atoms with Crippen LogP contribution in [0, 0.1) is 5.82 Å². The number of nitrogens with one attached hydrogen (secondary N) is 2. The number of sulfonamides is 1. The highest BCUT2D eigenvalue weighted by Crippen LogP contribution is 2.22. The van der Waals surface area contributed by atoms with Crippen molar-refractivity contribution in [1.29, 1.82) is 0 Å². The van der Waals surface area contributed by atoms with E-state index in [0.29, 0.717) is 4.47 Å². The summed E-state index contributed by atoms with van der Waals surface area (Å²) in [4.78, 5) is 11.8. The number of hydrogen-bond donors (Lipinski definition) is 2. The Labute approximate surface area is 135 Å². The summed E-state index contributed by atoms with van der Waals surface area (Å²) < 4.78 is 39.3. The van der Waals surface area contributed by atoms with Gasteiger partial charge < -0.3 is 5.32 Å². The maximum Gasteiger partial charge on any atom is 0.264 e. The second-order valence-electron chi connectivity index (χ2n) is 4.36. The molecule has 0 fully saturated rings. The van der Waals surface area contributed by atoms with Crippen molar-refractivity contribution in [3.05, 3.63) is 64.4 Å². The average Bonchev–Trinajstić information content (AvgIpc) is 2.49. The van der Waals surface area contributed by atoms with Crippen LogP contribution >= 0.6 is 15.9 Å². The second-order valence-corrected chi connectivity index (χ2v) is 6.93. The van der Waals surface area contributed by atoms with Gasteiger partial charge in [-0.05, 0) is 46.3 Å². The first-order valence-electron chi connectivity index (χ1n) is 6.16. The zero-order chi connectivity index (χ0) is 16.2. The normalized spacial score (nSPS) is 11.0. The van der Waals surface area contributed by atoms with Crippen LogP contribution in [0.5, 0.6) is 0 Å². The van der Waals surface area contributed by atoms with Crippen molar-refractivity contribution in [1.82, 2.24) is 4.72 Å². The Morgan fingerprint density at radius 1 is 1.14 bits per heavy atom. The Bertz CT molecular complexity index is 782. The van der Waals surface area contributed by atoms with Crippen LogP contribution in [0.15, 0.2) is 53.0 Å². The minimum atomic E-state index is -3.91. The summed E-state index contributed by atoms with van der Waals surface area (Å²) in [5.74, 6) is -1.79. The van der Waals surface area contributed by atoms with Crippen molar-refractivity contribution < 1.29 is 17.6 Å². The molecule has 0 spiro atoms. The second kappa shape index (κ2) is 6.89. The van der Waals surface area contributed by atoms with Crippen molar-refractivity contribution in [2.75, 3.05) is 11.2 Å². The number of carbonyl (C=O) groups excluding carboxylic acids is 1. The molecule has 5 nitrogen and oxygen atoms in total. The zero-order valence-electron chi connectivity index (χ0n) is 11.2. The van der Waals surface area contributed by atoms with Gasteiger partial charge in [0, 0.05) is 10.0 Å². The lowest BCUT2D eigenvalue weighted by Crippen LogP contribution is -2.34. The minimum Gasteiger partial charge on any atom is -0.369 e. The molecule has 2 rings (SSSR count). The maximum absolute atomic E-state index is 13.1. The van der Waals surface area contributed by atoms with E-state index in [4.69, 9.17) is 0 Å². The average molecular weight is 387 g/mol. The summed E-state index contributed by atoms with van der Waals surface area (Å²) in [6.07, 6.45) is 0. The molecule has 0 aliphatic heterocycles. The molecule has 0 saturated heterocycles. The molecule has 0 radical (unpaired) electrons. The summed E-state index contributed by atoms with van der Waals surface area (Å²) in [5, 5.41) is 2.56. The van der Waals surface area contributed by atoms with E-state index in [1.165, 1.54) is 24.3 Å². The van der Waals surface area contributed by atoms with E-state index in [1.807, 2.05) is 4.72 Å². The molecule has 2 N–H and O–H groups in total. The maximum atomic E-state index is 13.1. The molecule has 0 aliphatic rings. The SMILES string of the molecule is O=C(NS(=O)(=O)CNc1cc(F)ccc1Br)c1ccccc1. The lowest BCUT2D eigenvalue weighted by Gasteiger charge is -2.10. The van der Waals surface area contributed by atoms with Gasteiger partial charge in [0.25, 0.3) is 15.9 Å². The standard InChI is InChI=1S/C14H12BrFN2O3S/c15-12-7-6-11(16)8-13(12)17-9-22(20,21)18-14(19)10-4-2-1-3-5-10/h1-8,17H,9H2,(H,18,19). The number of amides is 1. The minimum absolute atomic E-state index is 0.234. The van der Waals surface area contributed by atoms with Crippen LogP contribution in [-0.2, 0) is 10.0 Å². The molecule has 0 aliphatic carbocycles. The predicted molar refractivity (Wildman–Crippen MR) is 85.4 cm³/mol. The molecule has 0 aromatic heterocycles. The van der Waals surface area contributed by atoms with Crippen LogP contribution in [0.3, 0.4) is 0 Å². The highest BCUT2D eigenvalue weighted by atomic mass is 79.9. The topological polar surface area (TPSA) is 75.3 Å². The summed E-state index contributed by atoms with van der Waals surface area (Å²) in [7, 11) is -3.91. The van der Waals surface area contributed by atoms with Crippen LogP contribution in [0.25, 0.3) is 0 Å². The van der Waals surface area contributed by atoms with Gasteiger partial charge in [0.1, 0.15) is 11.7 Å². The van der Waals surface area contributed by atoms with E-state index in [-0.39, 0.29) is 11.3 Å². The van der Waals surface area contributed by atoms with Gasteiger partial charge in [-0.3, -0.25) is 4.79 Å². The van der Waals surface area contributed by atoms with Gasteiger partial charge in [-0.15, -0.1) is 0 Å². The molecule has 0 atom stereocenters. The fraction of sp³-hybridized carbons (Fsp3) is 0.0714. The highest BCUT2D eigenvalue weighted by molar-refractivity contribution is 9.10. The lowest BCUT2D eigenvalue weighted by atomic mass is 10.2. The highest BCUT2D eigenvalue weighted by Gasteiger charge is 2.16. The predicted octanol–water partition coefficient (Wildman–Crippen LogP) is 2.72. The van der Waals surface area contributed by atoms with E-state index >= 15 is 0 Å². The largest absolute Gasteiger partial charge is 0.369 e. The van der Waals surface area contributed by atoms with Gasteiger partial charge in [0.05, 0.1) is 5.69 Å². The molecular weight excluding hydrogens is 375 g/mol. The van der Waals surface area contributed by atoms with Gasteiger partial charge in [-0.2, -0.15) is 0 Å². The Morgan fingerprint density at radius 2 is 1.82 bits per heavy atom. The Kier molecular flexibility index (Phi) is 5.15.